The second-order valence-electron chi connectivity index (χ2n) is 8.34. The number of carbonyl (C=O) groups is 1. The molecule has 0 radical (unpaired) electrons. The molecule has 0 saturated heterocycles. The Morgan fingerprint density at radius 3 is 2.77 bits per heavy atom. The molecule has 3 N–H and O–H groups in total. The number of H-pyrrole nitrogens is 1. The van der Waals surface area contributed by atoms with Crippen molar-refractivity contribution < 1.29 is 14.6 Å². The molecule has 1 aromatic heterocycles. The van der Waals surface area contributed by atoms with Gasteiger partial charge in [-0.25, -0.2) is 4.79 Å². The number of hydrogen-bond acceptors (Lipinski definition) is 6. The predicted molar refractivity (Wildman–Crippen MR) is 137 cm³/mol. The third kappa shape index (κ3) is 5.04. The van der Waals surface area contributed by atoms with E-state index >= 15 is 0 Å². The van der Waals surface area contributed by atoms with Crippen LogP contribution in [0.5, 0.6) is 5.75 Å². The number of nitrogens with one attached hydrogen (secondary N) is 2. The summed E-state index contributed by atoms with van der Waals surface area (Å²) in [5.41, 5.74) is 4.90. The van der Waals surface area contributed by atoms with Crippen molar-refractivity contribution in [3.8, 4) is 11.4 Å². The molecular weight excluding hydrogens is 462 g/mol. The molecule has 2 heterocycles. The minimum Gasteiger partial charge on any atom is -0.480 e. The first-order chi connectivity index (χ1) is 17.1. The van der Waals surface area contributed by atoms with Gasteiger partial charge in [-0.2, -0.15) is 5.10 Å². The lowest BCUT2D eigenvalue weighted by molar-refractivity contribution is -0.138. The highest BCUT2D eigenvalue weighted by atomic mass is 32.1. The monoisotopic (exact) mass is 487 g/mol. The molecule has 1 aliphatic heterocycles. The van der Waals surface area contributed by atoms with Crippen molar-refractivity contribution in [1.29, 1.82) is 0 Å². The standard InChI is InChI=1S/C26H25N5O3S/c32-25(33)24-11-9-19-13-22(10-12-23(19)30(24)15-18-5-2-1-3-6-18)34-17-27-20-7-4-8-21(14-20)31-16-28-29-26(31)35/h1-8,10,12-14,16,24,27H,9,11,15,17H2,(H,29,35)(H,32,33). The number of anilines is 2. The Hall–Kier alpha value is -4.11. The number of aryl methyl sites for hydroxylation is 1. The van der Waals surface area contributed by atoms with Gasteiger partial charge in [-0.15, -0.1) is 0 Å². The van der Waals surface area contributed by atoms with Crippen LogP contribution in [0, 0.1) is 4.77 Å². The fourth-order valence-electron chi connectivity index (χ4n) is 4.38. The van der Waals surface area contributed by atoms with Gasteiger partial charge in [0.05, 0.1) is 5.69 Å². The van der Waals surface area contributed by atoms with Crippen molar-refractivity contribution in [2.24, 2.45) is 0 Å². The van der Waals surface area contributed by atoms with Crippen LogP contribution in [0.15, 0.2) is 79.1 Å². The van der Waals surface area contributed by atoms with Crippen molar-refractivity contribution in [1.82, 2.24) is 14.8 Å². The number of aromatic nitrogens is 3. The van der Waals surface area contributed by atoms with E-state index in [4.69, 9.17) is 17.0 Å². The first-order valence-electron chi connectivity index (χ1n) is 11.3. The fourth-order valence-corrected chi connectivity index (χ4v) is 4.59. The van der Waals surface area contributed by atoms with Gasteiger partial charge in [0.25, 0.3) is 0 Å². The van der Waals surface area contributed by atoms with Crippen LogP contribution >= 0.6 is 12.2 Å². The SMILES string of the molecule is O=C(O)C1CCc2cc(OCNc3cccc(-n4cn[nH]c4=S)c3)ccc2N1Cc1ccccc1. The van der Waals surface area contributed by atoms with Gasteiger partial charge in [-0.05, 0) is 72.6 Å². The van der Waals surface area contributed by atoms with Gasteiger partial charge in [0.15, 0.2) is 11.5 Å². The molecule has 0 amide bonds. The van der Waals surface area contributed by atoms with Gasteiger partial charge in [0.1, 0.15) is 18.1 Å². The average Bonchev–Trinajstić information content (AvgIpc) is 3.30. The van der Waals surface area contributed by atoms with Crippen LogP contribution in [0.3, 0.4) is 0 Å². The molecule has 5 rings (SSSR count). The van der Waals surface area contributed by atoms with Crippen LogP contribution in [0.25, 0.3) is 5.69 Å². The number of carboxylic acids is 1. The molecule has 0 fully saturated rings. The van der Waals surface area contributed by atoms with E-state index in [1.54, 1.807) is 10.9 Å². The van der Waals surface area contributed by atoms with Crippen molar-refractivity contribution in [2.45, 2.75) is 25.4 Å². The molecule has 0 bridgehead atoms. The zero-order valence-corrected chi connectivity index (χ0v) is 19.7. The van der Waals surface area contributed by atoms with E-state index in [9.17, 15) is 9.90 Å². The Kier molecular flexibility index (Phi) is 6.49. The topological polar surface area (TPSA) is 95.4 Å². The maximum Gasteiger partial charge on any atom is 0.326 e. The van der Waals surface area contributed by atoms with Crippen molar-refractivity contribution in [3.63, 3.8) is 0 Å². The summed E-state index contributed by atoms with van der Waals surface area (Å²) in [7, 11) is 0. The summed E-state index contributed by atoms with van der Waals surface area (Å²) in [4.78, 5) is 13.9. The van der Waals surface area contributed by atoms with Crippen molar-refractivity contribution in [2.75, 3.05) is 16.9 Å². The maximum atomic E-state index is 11.9. The summed E-state index contributed by atoms with van der Waals surface area (Å²) >= 11 is 5.24. The Morgan fingerprint density at radius 1 is 1.14 bits per heavy atom. The van der Waals surface area contributed by atoms with Gasteiger partial charge in [-0.3, -0.25) is 9.67 Å². The van der Waals surface area contributed by atoms with E-state index in [-0.39, 0.29) is 6.73 Å². The molecule has 3 aromatic carbocycles. The van der Waals surface area contributed by atoms with E-state index < -0.39 is 12.0 Å². The van der Waals surface area contributed by atoms with Crippen LogP contribution in [0.4, 0.5) is 11.4 Å². The fraction of sp³-hybridized carbons (Fsp3) is 0.192. The highest BCUT2D eigenvalue weighted by Crippen LogP contribution is 2.35. The minimum absolute atomic E-state index is 0.282. The highest BCUT2D eigenvalue weighted by molar-refractivity contribution is 7.71. The smallest absolute Gasteiger partial charge is 0.326 e. The summed E-state index contributed by atoms with van der Waals surface area (Å²) in [6.45, 7) is 0.827. The molecule has 35 heavy (non-hydrogen) atoms. The molecular formula is C26H25N5O3S. The largest absolute Gasteiger partial charge is 0.480 e. The molecule has 0 spiro atoms. The first kappa shape index (κ1) is 22.7. The number of carboxylic acid groups (broad SMARTS) is 1. The first-order valence-corrected chi connectivity index (χ1v) is 11.7. The van der Waals surface area contributed by atoms with E-state index in [0.717, 1.165) is 33.9 Å². The molecule has 1 aliphatic rings. The van der Waals surface area contributed by atoms with Crippen LogP contribution < -0.4 is 15.0 Å². The van der Waals surface area contributed by atoms with Crippen LogP contribution in [0.1, 0.15) is 17.5 Å². The number of aliphatic carboxylic acids is 1. The molecule has 1 unspecified atom stereocenters. The summed E-state index contributed by atoms with van der Waals surface area (Å²) < 4.78 is 8.28. The zero-order valence-electron chi connectivity index (χ0n) is 18.9. The number of benzene rings is 3. The predicted octanol–water partition coefficient (Wildman–Crippen LogP) is 4.78. The highest BCUT2D eigenvalue weighted by Gasteiger charge is 2.31. The van der Waals surface area contributed by atoms with Gasteiger partial charge in [0.2, 0.25) is 0 Å². The van der Waals surface area contributed by atoms with E-state index in [0.29, 0.717) is 24.2 Å². The number of ether oxygens (including phenoxy) is 1. The maximum absolute atomic E-state index is 11.9. The average molecular weight is 488 g/mol. The van der Waals surface area contributed by atoms with Gasteiger partial charge in [-0.1, -0.05) is 36.4 Å². The number of rotatable bonds is 8. The van der Waals surface area contributed by atoms with Crippen molar-refractivity contribution in [3.05, 3.63) is 95.0 Å². The van der Waals surface area contributed by atoms with Gasteiger partial charge in [0, 0.05) is 17.9 Å². The Balaban J connectivity index is 1.28. The second kappa shape index (κ2) is 10.0. The molecule has 178 valence electrons. The van der Waals surface area contributed by atoms with Crippen molar-refractivity contribution >= 4 is 29.6 Å². The van der Waals surface area contributed by atoms with E-state index in [2.05, 4.69) is 15.5 Å². The number of hydrogen-bond donors (Lipinski definition) is 3. The summed E-state index contributed by atoms with van der Waals surface area (Å²) in [5, 5.41) is 19.8. The van der Waals surface area contributed by atoms with Crippen LogP contribution in [-0.4, -0.2) is 38.6 Å². The lowest BCUT2D eigenvalue weighted by Crippen LogP contribution is -2.44. The van der Waals surface area contributed by atoms with Crippen LogP contribution in [-0.2, 0) is 17.8 Å². The molecule has 9 heteroatoms. The Bertz CT molecular complexity index is 1390. The molecule has 4 aromatic rings. The molecule has 8 nitrogen and oxygen atoms in total. The van der Waals surface area contributed by atoms with E-state index in [1.165, 1.54) is 0 Å². The number of aromatic amines is 1. The van der Waals surface area contributed by atoms with E-state index in [1.807, 2.05) is 77.7 Å². The minimum atomic E-state index is -0.796. The number of nitrogens with zero attached hydrogens (tertiary/aromatic N) is 3. The Morgan fingerprint density at radius 2 is 2.00 bits per heavy atom. The third-order valence-corrected chi connectivity index (χ3v) is 6.38. The number of fused-ring (bicyclic) bond motifs is 1. The lowest BCUT2D eigenvalue weighted by atomic mass is 9.94. The summed E-state index contributed by atoms with van der Waals surface area (Å²) in [5.74, 6) is -0.0621. The second-order valence-corrected chi connectivity index (χ2v) is 8.73. The van der Waals surface area contributed by atoms with Crippen LogP contribution in [0.2, 0.25) is 0 Å². The zero-order chi connectivity index (χ0) is 24.2. The van der Waals surface area contributed by atoms with Gasteiger partial charge < -0.3 is 20.1 Å². The summed E-state index contributed by atoms with van der Waals surface area (Å²) in [6, 6.07) is 23.1. The molecule has 1 atom stereocenters. The third-order valence-electron chi connectivity index (χ3n) is 6.10. The normalized spacial score (nSPS) is 14.9. The lowest BCUT2D eigenvalue weighted by Gasteiger charge is -2.37. The Labute approximate surface area is 207 Å². The molecule has 0 aliphatic carbocycles. The quantitative estimate of drug-likeness (QED) is 0.243. The summed E-state index contributed by atoms with van der Waals surface area (Å²) in [6.07, 6.45) is 2.89. The van der Waals surface area contributed by atoms with Gasteiger partial charge >= 0.3 is 5.97 Å². The molecule has 0 saturated carbocycles.